The van der Waals surface area contributed by atoms with Crippen LogP contribution in [0.5, 0.6) is 0 Å². The summed E-state index contributed by atoms with van der Waals surface area (Å²) in [5, 5.41) is 0.889. The number of pyridine rings is 1. The Morgan fingerprint density at radius 2 is 2.00 bits per heavy atom. The Balaban J connectivity index is 1.95. The molecule has 3 heterocycles. The van der Waals surface area contributed by atoms with Gasteiger partial charge in [-0.3, -0.25) is 19.4 Å². The zero-order valence-electron chi connectivity index (χ0n) is 12.4. The van der Waals surface area contributed by atoms with Crippen LogP contribution in [0.4, 0.5) is 11.6 Å². The van der Waals surface area contributed by atoms with E-state index in [1.165, 1.54) is 0 Å². The van der Waals surface area contributed by atoms with E-state index in [4.69, 9.17) is 0 Å². The topological polar surface area (TPSA) is 53.5 Å². The maximum Gasteiger partial charge on any atom is 0.231 e. The lowest BCUT2D eigenvalue weighted by molar-refractivity contribution is -0.120. The SMILES string of the molecule is C[C@@H]1CN(c2nc(N3CCCC3=O)ccc2P)C(=O)[C@H]1C. The molecule has 6 heteroatoms. The fraction of sp³-hybridized carbons (Fsp3) is 0.533. The van der Waals surface area contributed by atoms with Gasteiger partial charge < -0.3 is 0 Å². The molecule has 1 aromatic rings. The van der Waals surface area contributed by atoms with Crippen LogP contribution in [0.2, 0.25) is 0 Å². The van der Waals surface area contributed by atoms with E-state index in [0.29, 0.717) is 37.1 Å². The first-order valence-electron chi connectivity index (χ1n) is 7.37. The number of rotatable bonds is 2. The molecule has 112 valence electrons. The van der Waals surface area contributed by atoms with Crippen LogP contribution >= 0.6 is 9.24 Å². The summed E-state index contributed by atoms with van der Waals surface area (Å²) in [6, 6.07) is 3.76. The van der Waals surface area contributed by atoms with Gasteiger partial charge in [-0.25, -0.2) is 4.98 Å². The van der Waals surface area contributed by atoms with Crippen LogP contribution in [0.25, 0.3) is 0 Å². The molecule has 2 fully saturated rings. The Hall–Kier alpha value is -1.48. The Labute approximate surface area is 126 Å². The highest BCUT2D eigenvalue weighted by atomic mass is 31.0. The lowest BCUT2D eigenvalue weighted by Gasteiger charge is -2.21. The van der Waals surface area contributed by atoms with Crippen LogP contribution in [-0.4, -0.2) is 29.9 Å². The zero-order valence-corrected chi connectivity index (χ0v) is 13.5. The third-order valence-corrected chi connectivity index (χ3v) is 4.93. The molecule has 5 nitrogen and oxygen atoms in total. The summed E-state index contributed by atoms with van der Waals surface area (Å²) in [7, 11) is 2.63. The second-order valence-corrected chi connectivity index (χ2v) is 6.57. The van der Waals surface area contributed by atoms with Crippen LogP contribution in [0.1, 0.15) is 26.7 Å². The molecule has 0 spiro atoms. The Bertz CT molecular complexity index is 605. The van der Waals surface area contributed by atoms with E-state index in [1.54, 1.807) is 9.80 Å². The molecule has 0 aliphatic carbocycles. The van der Waals surface area contributed by atoms with E-state index >= 15 is 0 Å². The molecule has 2 amide bonds. The zero-order chi connectivity index (χ0) is 15.1. The average molecular weight is 305 g/mol. The molecule has 1 unspecified atom stereocenters. The van der Waals surface area contributed by atoms with E-state index in [-0.39, 0.29) is 17.7 Å². The molecule has 3 atom stereocenters. The lowest BCUT2D eigenvalue weighted by atomic mass is 10.0. The first-order chi connectivity index (χ1) is 9.99. The van der Waals surface area contributed by atoms with Crippen LogP contribution in [0.3, 0.4) is 0 Å². The monoisotopic (exact) mass is 305 g/mol. The minimum Gasteiger partial charge on any atom is -0.297 e. The highest BCUT2D eigenvalue weighted by Crippen LogP contribution is 2.29. The summed E-state index contributed by atoms with van der Waals surface area (Å²) in [5.41, 5.74) is 0. The summed E-state index contributed by atoms with van der Waals surface area (Å²) < 4.78 is 0. The van der Waals surface area contributed by atoms with Gasteiger partial charge in [-0.1, -0.05) is 13.8 Å². The molecule has 3 rings (SSSR count). The number of aromatic nitrogens is 1. The Kier molecular flexibility index (Phi) is 3.70. The minimum absolute atomic E-state index is 0.0216. The van der Waals surface area contributed by atoms with Crippen LogP contribution in [0.15, 0.2) is 12.1 Å². The summed E-state index contributed by atoms with van der Waals surface area (Å²) in [5.74, 6) is 1.88. The van der Waals surface area contributed by atoms with Crippen molar-refractivity contribution in [3.63, 3.8) is 0 Å². The fourth-order valence-corrected chi connectivity index (χ4v) is 3.24. The van der Waals surface area contributed by atoms with Crippen molar-refractivity contribution < 1.29 is 9.59 Å². The minimum atomic E-state index is 0.0216. The summed E-state index contributed by atoms with van der Waals surface area (Å²) in [4.78, 5) is 32.3. The van der Waals surface area contributed by atoms with E-state index < -0.39 is 0 Å². The predicted molar refractivity (Wildman–Crippen MR) is 85.8 cm³/mol. The molecule has 0 aromatic carbocycles. The first kappa shape index (κ1) is 14.5. The Morgan fingerprint density at radius 1 is 1.24 bits per heavy atom. The number of hydrogen-bond acceptors (Lipinski definition) is 3. The fourth-order valence-electron chi connectivity index (χ4n) is 2.92. The van der Waals surface area contributed by atoms with Crippen molar-refractivity contribution in [2.24, 2.45) is 11.8 Å². The molecule has 0 saturated carbocycles. The van der Waals surface area contributed by atoms with E-state index in [0.717, 1.165) is 11.7 Å². The number of nitrogens with zero attached hydrogens (tertiary/aromatic N) is 3. The largest absolute Gasteiger partial charge is 0.297 e. The number of amides is 2. The maximum atomic E-state index is 12.4. The van der Waals surface area contributed by atoms with Crippen molar-refractivity contribution in [2.45, 2.75) is 26.7 Å². The number of carbonyl (C=O) groups excluding carboxylic acids is 2. The third kappa shape index (κ3) is 2.44. The van der Waals surface area contributed by atoms with Gasteiger partial charge in [0.25, 0.3) is 0 Å². The van der Waals surface area contributed by atoms with E-state index in [9.17, 15) is 9.59 Å². The summed E-state index contributed by atoms with van der Waals surface area (Å²) in [6.07, 6.45) is 1.45. The standard InChI is InChI=1S/C15H20N3O2P/c1-9-8-18(15(20)10(9)2)14-11(21)5-6-12(16-14)17-7-3-4-13(17)19/h5-6,9-10H,3-4,7-8,21H2,1-2H3/t9-,10+/m1/s1. The maximum absolute atomic E-state index is 12.4. The highest BCUT2D eigenvalue weighted by Gasteiger charge is 2.37. The third-order valence-electron chi connectivity index (χ3n) is 4.48. The smallest absolute Gasteiger partial charge is 0.231 e. The van der Waals surface area contributed by atoms with Gasteiger partial charge in [0.05, 0.1) is 0 Å². The quantitative estimate of drug-likeness (QED) is 0.775. The molecule has 1 aromatic heterocycles. The Morgan fingerprint density at radius 3 is 2.57 bits per heavy atom. The van der Waals surface area contributed by atoms with Gasteiger partial charge >= 0.3 is 0 Å². The van der Waals surface area contributed by atoms with Gasteiger partial charge in [0, 0.05) is 30.7 Å². The van der Waals surface area contributed by atoms with Crippen molar-refractivity contribution in [1.82, 2.24) is 4.98 Å². The van der Waals surface area contributed by atoms with Crippen molar-refractivity contribution in [2.75, 3.05) is 22.9 Å². The second kappa shape index (κ2) is 5.38. The van der Waals surface area contributed by atoms with Crippen molar-refractivity contribution >= 4 is 38.0 Å². The average Bonchev–Trinajstić information content (AvgIpc) is 2.99. The van der Waals surface area contributed by atoms with Gasteiger partial charge in [0.1, 0.15) is 11.6 Å². The van der Waals surface area contributed by atoms with Crippen molar-refractivity contribution in [3.8, 4) is 0 Å². The molecule has 21 heavy (non-hydrogen) atoms. The molecular formula is C15H20N3O2P. The number of hydrogen-bond donors (Lipinski definition) is 0. The summed E-state index contributed by atoms with van der Waals surface area (Å²) >= 11 is 0. The van der Waals surface area contributed by atoms with Gasteiger partial charge in [-0.2, -0.15) is 0 Å². The van der Waals surface area contributed by atoms with Crippen LogP contribution < -0.4 is 15.1 Å². The molecular weight excluding hydrogens is 285 g/mol. The van der Waals surface area contributed by atoms with E-state index in [2.05, 4.69) is 21.1 Å². The van der Waals surface area contributed by atoms with Crippen LogP contribution in [-0.2, 0) is 9.59 Å². The molecule has 2 aliphatic rings. The summed E-state index contributed by atoms with van der Waals surface area (Å²) in [6.45, 7) is 5.44. The van der Waals surface area contributed by atoms with Crippen molar-refractivity contribution in [3.05, 3.63) is 12.1 Å². The molecule has 0 radical (unpaired) electrons. The molecule has 2 aliphatic heterocycles. The molecule has 0 bridgehead atoms. The number of carbonyl (C=O) groups is 2. The first-order valence-corrected chi connectivity index (χ1v) is 7.95. The second-order valence-electron chi connectivity index (χ2n) is 5.95. The van der Waals surface area contributed by atoms with Crippen molar-refractivity contribution in [1.29, 1.82) is 0 Å². The lowest BCUT2D eigenvalue weighted by Crippen LogP contribution is -2.32. The van der Waals surface area contributed by atoms with Gasteiger partial charge in [0.2, 0.25) is 11.8 Å². The van der Waals surface area contributed by atoms with Gasteiger partial charge in [-0.05, 0) is 24.5 Å². The van der Waals surface area contributed by atoms with Crippen LogP contribution in [0, 0.1) is 11.8 Å². The highest BCUT2D eigenvalue weighted by molar-refractivity contribution is 7.28. The number of anilines is 2. The molecule has 2 saturated heterocycles. The normalized spacial score (nSPS) is 26.0. The predicted octanol–water partition coefficient (Wildman–Crippen LogP) is 1.33. The van der Waals surface area contributed by atoms with E-state index in [1.807, 2.05) is 19.1 Å². The van der Waals surface area contributed by atoms with Gasteiger partial charge in [0.15, 0.2) is 0 Å². The van der Waals surface area contributed by atoms with Gasteiger partial charge in [-0.15, -0.1) is 9.24 Å². The molecule has 0 N–H and O–H groups in total.